The maximum atomic E-state index is 10.9. The quantitative estimate of drug-likeness (QED) is 0.514. The molecule has 1 unspecified atom stereocenters. The highest BCUT2D eigenvalue weighted by atomic mass is 16.5. The number of amides is 1. The molecule has 114 valence electrons. The van der Waals surface area contributed by atoms with Gasteiger partial charge in [0.25, 0.3) is 0 Å². The minimum absolute atomic E-state index is 0.00111. The summed E-state index contributed by atoms with van der Waals surface area (Å²) in [6.45, 7) is 2.45. The molecule has 0 fully saturated rings. The van der Waals surface area contributed by atoms with Gasteiger partial charge < -0.3 is 20.5 Å². The van der Waals surface area contributed by atoms with E-state index in [1.54, 1.807) is 24.1 Å². The largest absolute Gasteiger partial charge is 0.381 e. The first-order valence-electron chi connectivity index (χ1n) is 6.68. The highest BCUT2D eigenvalue weighted by Crippen LogP contribution is 1.95. The molecule has 1 aromatic heterocycles. The summed E-state index contributed by atoms with van der Waals surface area (Å²) in [5.41, 5.74) is 5.94. The van der Waals surface area contributed by atoms with Crippen LogP contribution in [-0.2, 0) is 20.8 Å². The monoisotopic (exact) mass is 285 g/mol. The zero-order valence-electron chi connectivity index (χ0n) is 11.8. The van der Waals surface area contributed by atoms with Crippen molar-refractivity contribution in [1.29, 1.82) is 0 Å². The second-order valence-electron chi connectivity index (χ2n) is 4.37. The lowest BCUT2D eigenvalue weighted by atomic mass is 10.2. The van der Waals surface area contributed by atoms with Crippen LogP contribution in [0.15, 0.2) is 12.4 Å². The number of hydrogen-bond acceptors (Lipinski definition) is 6. The van der Waals surface area contributed by atoms with Crippen LogP contribution in [0.2, 0.25) is 0 Å². The van der Waals surface area contributed by atoms with Crippen LogP contribution in [0, 0.1) is 0 Å². The van der Waals surface area contributed by atoms with E-state index < -0.39 is 0 Å². The lowest BCUT2D eigenvalue weighted by Gasteiger charge is -2.11. The number of rotatable bonds is 11. The molecule has 1 aromatic rings. The topological polar surface area (TPSA) is 104 Å². The van der Waals surface area contributed by atoms with Crippen LogP contribution in [0.5, 0.6) is 0 Å². The van der Waals surface area contributed by atoms with E-state index in [9.17, 15) is 4.79 Å². The third-order valence-corrected chi connectivity index (χ3v) is 2.62. The molecular formula is C12H23N5O3. The average molecular weight is 285 g/mol. The second-order valence-corrected chi connectivity index (χ2v) is 4.37. The normalized spacial score (nSPS) is 12.3. The fraction of sp³-hybridized carbons (Fsp3) is 0.750. The fourth-order valence-electron chi connectivity index (χ4n) is 1.50. The predicted octanol–water partition coefficient (Wildman–Crippen LogP) is -0.835. The summed E-state index contributed by atoms with van der Waals surface area (Å²) in [5, 5.41) is 10.1. The Bertz CT molecular complexity index is 358. The van der Waals surface area contributed by atoms with Crippen LogP contribution in [0.1, 0.15) is 12.8 Å². The Morgan fingerprint density at radius 2 is 2.20 bits per heavy atom. The van der Waals surface area contributed by atoms with Gasteiger partial charge in [-0.2, -0.15) is 0 Å². The van der Waals surface area contributed by atoms with Crippen molar-refractivity contribution in [3.63, 3.8) is 0 Å². The molecule has 0 aliphatic rings. The lowest BCUT2D eigenvalue weighted by Crippen LogP contribution is -2.28. The number of likely N-dealkylation sites (N-methyl/N-ethyl adjacent to an activating group) is 1. The predicted molar refractivity (Wildman–Crippen MR) is 72.9 cm³/mol. The van der Waals surface area contributed by atoms with Gasteiger partial charge >= 0.3 is 0 Å². The van der Waals surface area contributed by atoms with Crippen molar-refractivity contribution in [1.82, 2.24) is 20.3 Å². The van der Waals surface area contributed by atoms with E-state index in [-0.39, 0.29) is 18.6 Å². The molecule has 0 aliphatic carbocycles. The summed E-state index contributed by atoms with van der Waals surface area (Å²) in [6.07, 6.45) is 4.93. The fourth-order valence-corrected chi connectivity index (χ4v) is 1.50. The van der Waals surface area contributed by atoms with Gasteiger partial charge in [-0.3, -0.25) is 9.48 Å². The molecule has 8 heteroatoms. The smallest absolute Gasteiger partial charge is 0.245 e. The number of aromatic nitrogens is 3. The molecular weight excluding hydrogens is 262 g/mol. The molecule has 3 N–H and O–H groups in total. The van der Waals surface area contributed by atoms with E-state index in [1.807, 2.05) is 0 Å². The van der Waals surface area contributed by atoms with Gasteiger partial charge in [0.15, 0.2) is 0 Å². The van der Waals surface area contributed by atoms with Crippen LogP contribution in [0.4, 0.5) is 0 Å². The third-order valence-electron chi connectivity index (χ3n) is 2.62. The van der Waals surface area contributed by atoms with Crippen molar-refractivity contribution in [2.24, 2.45) is 5.73 Å². The third kappa shape index (κ3) is 7.82. The Morgan fingerprint density at radius 3 is 2.90 bits per heavy atom. The van der Waals surface area contributed by atoms with E-state index in [4.69, 9.17) is 15.2 Å². The van der Waals surface area contributed by atoms with Gasteiger partial charge in [-0.15, -0.1) is 5.10 Å². The van der Waals surface area contributed by atoms with Gasteiger partial charge in [0.1, 0.15) is 6.61 Å². The van der Waals surface area contributed by atoms with Crippen LogP contribution >= 0.6 is 0 Å². The van der Waals surface area contributed by atoms with Crippen molar-refractivity contribution < 1.29 is 14.3 Å². The molecule has 20 heavy (non-hydrogen) atoms. The standard InChI is InChI=1S/C12H23N5O3/c1-14-12(18)10-20-7-2-6-19-8-3-11(13)9-17-5-4-15-16-17/h4-5,11H,2-3,6-10,13H2,1H3,(H,14,18). The molecule has 0 aliphatic heterocycles. The van der Waals surface area contributed by atoms with E-state index >= 15 is 0 Å². The molecule has 1 atom stereocenters. The number of hydrogen-bond donors (Lipinski definition) is 2. The van der Waals surface area contributed by atoms with Gasteiger partial charge in [0.2, 0.25) is 5.91 Å². The average Bonchev–Trinajstić information content (AvgIpc) is 2.94. The van der Waals surface area contributed by atoms with Crippen molar-refractivity contribution in [2.75, 3.05) is 33.5 Å². The Balaban J connectivity index is 1.88. The van der Waals surface area contributed by atoms with E-state index in [2.05, 4.69) is 15.6 Å². The lowest BCUT2D eigenvalue weighted by molar-refractivity contribution is -0.125. The summed E-state index contributed by atoms with van der Waals surface area (Å²) in [5.74, 6) is -0.120. The molecule has 8 nitrogen and oxygen atoms in total. The molecule has 1 amide bonds. The van der Waals surface area contributed by atoms with Crippen molar-refractivity contribution in [3.8, 4) is 0 Å². The Hall–Kier alpha value is -1.51. The molecule has 1 heterocycles. The number of nitrogens with zero attached hydrogens (tertiary/aromatic N) is 3. The van der Waals surface area contributed by atoms with Gasteiger partial charge in [0, 0.05) is 39.1 Å². The number of nitrogens with two attached hydrogens (primary N) is 1. The summed E-state index contributed by atoms with van der Waals surface area (Å²) >= 11 is 0. The highest BCUT2D eigenvalue weighted by molar-refractivity contribution is 5.76. The van der Waals surface area contributed by atoms with E-state index in [1.165, 1.54) is 0 Å². The van der Waals surface area contributed by atoms with Crippen molar-refractivity contribution in [3.05, 3.63) is 12.4 Å². The number of carbonyl (C=O) groups is 1. The SMILES string of the molecule is CNC(=O)COCCCOCCC(N)Cn1ccnn1. The van der Waals surface area contributed by atoms with Gasteiger partial charge in [-0.05, 0) is 12.8 Å². The van der Waals surface area contributed by atoms with Gasteiger partial charge in [-0.25, -0.2) is 0 Å². The maximum absolute atomic E-state index is 10.9. The highest BCUT2D eigenvalue weighted by Gasteiger charge is 2.04. The maximum Gasteiger partial charge on any atom is 0.245 e. The first-order chi connectivity index (χ1) is 9.72. The zero-order chi connectivity index (χ0) is 14.6. The molecule has 0 saturated carbocycles. The Morgan fingerprint density at radius 1 is 1.40 bits per heavy atom. The molecule has 0 aromatic carbocycles. The molecule has 0 spiro atoms. The van der Waals surface area contributed by atoms with Gasteiger partial charge in [0.05, 0.1) is 12.7 Å². The summed E-state index contributed by atoms with van der Waals surface area (Å²) in [4.78, 5) is 10.9. The Labute approximate surface area is 118 Å². The zero-order valence-corrected chi connectivity index (χ0v) is 11.8. The molecule has 0 bridgehead atoms. The van der Waals surface area contributed by atoms with Crippen molar-refractivity contribution in [2.45, 2.75) is 25.4 Å². The Kier molecular flexibility index (Phi) is 8.52. The van der Waals surface area contributed by atoms with Crippen LogP contribution in [-0.4, -0.2) is 60.4 Å². The second kappa shape index (κ2) is 10.3. The van der Waals surface area contributed by atoms with E-state index in [0.29, 0.717) is 26.4 Å². The van der Waals surface area contributed by atoms with E-state index in [0.717, 1.165) is 12.8 Å². The molecule has 0 radical (unpaired) electrons. The molecule has 0 saturated heterocycles. The summed E-state index contributed by atoms with van der Waals surface area (Å²) in [6, 6.07) is 0.00111. The first-order valence-corrected chi connectivity index (χ1v) is 6.68. The van der Waals surface area contributed by atoms with Crippen LogP contribution in [0.25, 0.3) is 0 Å². The summed E-state index contributed by atoms with van der Waals surface area (Å²) < 4.78 is 12.3. The van der Waals surface area contributed by atoms with Crippen LogP contribution in [0.3, 0.4) is 0 Å². The molecule has 1 rings (SSSR count). The first kappa shape index (κ1) is 16.5. The number of ether oxygens (including phenoxy) is 2. The number of carbonyl (C=O) groups excluding carboxylic acids is 1. The number of nitrogens with one attached hydrogen (secondary N) is 1. The minimum Gasteiger partial charge on any atom is -0.381 e. The van der Waals surface area contributed by atoms with Crippen LogP contribution < -0.4 is 11.1 Å². The van der Waals surface area contributed by atoms with Crippen molar-refractivity contribution >= 4 is 5.91 Å². The summed E-state index contributed by atoms with van der Waals surface area (Å²) in [7, 11) is 1.58. The minimum atomic E-state index is -0.120. The van der Waals surface area contributed by atoms with Gasteiger partial charge in [-0.1, -0.05) is 5.21 Å².